The van der Waals surface area contributed by atoms with Crippen LogP contribution in [0.2, 0.25) is 0 Å². The zero-order valence-corrected chi connectivity index (χ0v) is 15.9. The van der Waals surface area contributed by atoms with Gasteiger partial charge in [0, 0.05) is 5.33 Å². The summed E-state index contributed by atoms with van der Waals surface area (Å²) < 4.78 is 7.33. The van der Waals surface area contributed by atoms with E-state index in [4.69, 9.17) is 22.4 Å². The number of rotatable bonds is 4. The second-order valence-corrected chi connectivity index (χ2v) is 6.50. The summed E-state index contributed by atoms with van der Waals surface area (Å²) in [6.07, 6.45) is 1.48. The van der Waals surface area contributed by atoms with Gasteiger partial charge in [-0.2, -0.15) is 10.5 Å². The number of nitriles is 2. The molecule has 2 heterocycles. The van der Waals surface area contributed by atoms with Gasteiger partial charge in [0.2, 0.25) is 0 Å². The highest BCUT2D eigenvalue weighted by Gasteiger charge is 2.25. The molecule has 0 saturated carbocycles. The minimum absolute atomic E-state index is 0.173. The van der Waals surface area contributed by atoms with Crippen molar-refractivity contribution in [2.45, 2.75) is 6.04 Å². The molecule has 0 saturated heterocycles. The van der Waals surface area contributed by atoms with E-state index in [0.717, 1.165) is 5.56 Å². The standard InChI is InChI=1S/C19H13BrN4OS/c20-9-15(12-5-2-1-3-6-12)24-18(23)13(10-21)17(14(11-22)19(24)26)16-7-4-8-25-16/h1-8,15H,9,23H2. The fourth-order valence-corrected chi connectivity index (χ4v) is 3.92. The van der Waals surface area contributed by atoms with Crippen LogP contribution in [0.4, 0.5) is 5.82 Å². The Labute approximate surface area is 164 Å². The molecule has 0 aliphatic heterocycles. The maximum atomic E-state index is 9.72. The minimum Gasteiger partial charge on any atom is -0.464 e. The monoisotopic (exact) mass is 424 g/mol. The van der Waals surface area contributed by atoms with Gasteiger partial charge in [-0.05, 0) is 17.7 Å². The van der Waals surface area contributed by atoms with E-state index in [2.05, 4.69) is 28.1 Å². The molecule has 128 valence electrons. The van der Waals surface area contributed by atoms with Gasteiger partial charge in [0.25, 0.3) is 0 Å². The molecule has 7 heteroatoms. The van der Waals surface area contributed by atoms with E-state index >= 15 is 0 Å². The number of nitrogen functional groups attached to an aromatic ring is 1. The minimum atomic E-state index is -0.256. The lowest BCUT2D eigenvalue weighted by Gasteiger charge is -2.24. The first kappa shape index (κ1) is 17.9. The number of alkyl halides is 1. The van der Waals surface area contributed by atoms with E-state index < -0.39 is 0 Å². The van der Waals surface area contributed by atoms with Crippen molar-refractivity contribution in [3.63, 3.8) is 0 Å². The van der Waals surface area contributed by atoms with Crippen molar-refractivity contribution in [2.75, 3.05) is 11.1 Å². The molecule has 0 aliphatic carbocycles. The van der Waals surface area contributed by atoms with Gasteiger partial charge in [-0.3, -0.25) is 0 Å². The summed E-state index contributed by atoms with van der Waals surface area (Å²) in [6, 6.07) is 17.0. The SMILES string of the molecule is N#Cc1c(-c2ccco2)c(C#N)c(=S)n(C(CBr)c2ccccc2)c1N. The number of anilines is 1. The van der Waals surface area contributed by atoms with Crippen molar-refractivity contribution in [1.82, 2.24) is 4.57 Å². The zero-order valence-electron chi connectivity index (χ0n) is 13.5. The van der Waals surface area contributed by atoms with E-state index in [1.54, 1.807) is 16.7 Å². The molecule has 2 N–H and O–H groups in total. The Bertz CT molecular complexity index is 1080. The normalized spacial score (nSPS) is 11.5. The molecule has 0 spiro atoms. The Balaban J connectivity index is 2.38. The van der Waals surface area contributed by atoms with Crippen LogP contribution in [0.5, 0.6) is 0 Å². The molecule has 26 heavy (non-hydrogen) atoms. The van der Waals surface area contributed by atoms with Crippen LogP contribution in [0.25, 0.3) is 11.3 Å². The highest BCUT2D eigenvalue weighted by atomic mass is 79.9. The summed E-state index contributed by atoms with van der Waals surface area (Å²) in [5.41, 5.74) is 8.01. The van der Waals surface area contributed by atoms with Crippen molar-refractivity contribution in [3.8, 4) is 23.5 Å². The maximum Gasteiger partial charge on any atom is 0.136 e. The van der Waals surface area contributed by atoms with Gasteiger partial charge in [0.1, 0.15) is 33.9 Å². The number of benzene rings is 1. The van der Waals surface area contributed by atoms with Crippen LogP contribution in [-0.4, -0.2) is 9.90 Å². The van der Waals surface area contributed by atoms with E-state index in [1.807, 2.05) is 30.3 Å². The van der Waals surface area contributed by atoms with E-state index in [9.17, 15) is 10.5 Å². The molecule has 1 atom stereocenters. The van der Waals surface area contributed by atoms with Gasteiger partial charge in [-0.25, -0.2) is 0 Å². The molecule has 5 nitrogen and oxygen atoms in total. The third-order valence-corrected chi connectivity index (χ3v) is 5.10. The number of pyridine rings is 1. The first-order chi connectivity index (χ1) is 12.6. The third-order valence-electron chi connectivity index (χ3n) is 4.08. The van der Waals surface area contributed by atoms with E-state index in [-0.39, 0.29) is 27.6 Å². The lowest BCUT2D eigenvalue weighted by atomic mass is 10.00. The van der Waals surface area contributed by atoms with E-state index in [0.29, 0.717) is 16.7 Å². The van der Waals surface area contributed by atoms with Crippen LogP contribution in [0.1, 0.15) is 22.7 Å². The number of hydrogen-bond acceptors (Lipinski definition) is 5. The third kappa shape index (κ3) is 2.92. The van der Waals surface area contributed by atoms with Crippen LogP contribution >= 0.6 is 28.1 Å². The van der Waals surface area contributed by atoms with Gasteiger partial charge in [-0.15, -0.1) is 0 Å². The van der Waals surface area contributed by atoms with Crippen molar-refractivity contribution in [2.24, 2.45) is 0 Å². The molecule has 1 unspecified atom stereocenters. The highest BCUT2D eigenvalue weighted by Crippen LogP contribution is 2.35. The van der Waals surface area contributed by atoms with Gasteiger partial charge in [-0.1, -0.05) is 58.5 Å². The summed E-state index contributed by atoms with van der Waals surface area (Å²) in [4.78, 5) is 0. The molecule has 1 aromatic carbocycles. The Morgan fingerprint density at radius 3 is 2.35 bits per heavy atom. The molecule has 0 radical (unpaired) electrons. The van der Waals surface area contributed by atoms with Crippen molar-refractivity contribution in [3.05, 3.63) is 70.1 Å². The molecule has 0 fully saturated rings. The molecule has 0 amide bonds. The Kier molecular flexibility index (Phi) is 5.22. The summed E-state index contributed by atoms with van der Waals surface area (Å²) in [5.74, 6) is 0.592. The van der Waals surface area contributed by atoms with Gasteiger partial charge >= 0.3 is 0 Å². The quantitative estimate of drug-likeness (QED) is 0.480. The summed E-state index contributed by atoms with van der Waals surface area (Å²) in [6.45, 7) is 0. The molecule has 0 bridgehead atoms. The summed E-state index contributed by atoms with van der Waals surface area (Å²) in [5, 5.41) is 20.0. The lowest BCUT2D eigenvalue weighted by Crippen LogP contribution is -2.20. The van der Waals surface area contributed by atoms with Crippen LogP contribution in [0.15, 0.2) is 53.1 Å². The van der Waals surface area contributed by atoms with Crippen molar-refractivity contribution < 1.29 is 4.42 Å². The largest absolute Gasteiger partial charge is 0.464 e. The molecule has 3 rings (SSSR count). The number of hydrogen-bond donors (Lipinski definition) is 1. The predicted molar refractivity (Wildman–Crippen MR) is 105 cm³/mol. The lowest BCUT2D eigenvalue weighted by molar-refractivity contribution is 0.580. The van der Waals surface area contributed by atoms with Gasteiger partial charge in [0.15, 0.2) is 0 Å². The molecular formula is C19H13BrN4OS. The number of furan rings is 1. The average Bonchev–Trinajstić information content (AvgIpc) is 3.19. The van der Waals surface area contributed by atoms with Crippen LogP contribution < -0.4 is 5.73 Å². The topological polar surface area (TPSA) is 91.7 Å². The fraction of sp³-hybridized carbons (Fsp3) is 0.105. The van der Waals surface area contributed by atoms with E-state index in [1.165, 1.54) is 6.26 Å². The predicted octanol–water partition coefficient (Wildman–Crippen LogP) is 4.79. The number of aromatic nitrogens is 1. The first-order valence-electron chi connectivity index (χ1n) is 7.67. The Morgan fingerprint density at radius 1 is 1.12 bits per heavy atom. The second-order valence-electron chi connectivity index (χ2n) is 5.47. The van der Waals surface area contributed by atoms with Gasteiger partial charge in [0.05, 0.1) is 23.4 Å². The van der Waals surface area contributed by atoms with Crippen LogP contribution in [0, 0.1) is 27.3 Å². The van der Waals surface area contributed by atoms with Crippen LogP contribution in [0.3, 0.4) is 0 Å². The highest BCUT2D eigenvalue weighted by molar-refractivity contribution is 9.09. The van der Waals surface area contributed by atoms with Crippen LogP contribution in [-0.2, 0) is 0 Å². The molecule has 2 aromatic heterocycles. The zero-order chi connectivity index (χ0) is 18.7. The molecule has 3 aromatic rings. The summed E-state index contributed by atoms with van der Waals surface area (Å²) >= 11 is 9.08. The molecular weight excluding hydrogens is 412 g/mol. The number of nitrogens with two attached hydrogens (primary N) is 1. The first-order valence-corrected chi connectivity index (χ1v) is 9.20. The maximum absolute atomic E-state index is 9.72. The summed E-state index contributed by atoms with van der Waals surface area (Å²) in [7, 11) is 0. The Morgan fingerprint density at radius 2 is 1.81 bits per heavy atom. The van der Waals surface area contributed by atoms with Gasteiger partial charge < -0.3 is 14.7 Å². The van der Waals surface area contributed by atoms with Crippen molar-refractivity contribution in [1.29, 1.82) is 10.5 Å². The van der Waals surface area contributed by atoms with Crippen molar-refractivity contribution >= 4 is 34.0 Å². The Hall–Kier alpha value is -2.87. The fourth-order valence-electron chi connectivity index (χ4n) is 2.89. The molecule has 0 aliphatic rings. The second kappa shape index (κ2) is 7.57. The number of nitrogens with zero attached hydrogens (tertiary/aromatic N) is 3. The number of halogens is 1. The average molecular weight is 425 g/mol. The smallest absolute Gasteiger partial charge is 0.136 e.